The molecule has 0 unspecified atom stereocenters. The molecule has 1 heterocycles. The van der Waals surface area contributed by atoms with Gasteiger partial charge in [-0.15, -0.1) is 0 Å². The van der Waals surface area contributed by atoms with Crippen molar-refractivity contribution >= 4 is 5.91 Å². The van der Waals surface area contributed by atoms with Crippen LogP contribution in [0.25, 0.3) is 0 Å². The highest BCUT2D eigenvalue weighted by Gasteiger charge is 2.18. The van der Waals surface area contributed by atoms with Crippen molar-refractivity contribution in [3.8, 4) is 0 Å². The minimum atomic E-state index is 0.190. The molecular weight excluding hydrogens is 126 g/mol. The van der Waals surface area contributed by atoms with Crippen molar-refractivity contribution in [2.24, 2.45) is 0 Å². The number of carbonyl (C=O) groups excluding carboxylic acids is 1. The number of likely N-dealkylation sites (tertiary alicyclic amines) is 1. The average molecular weight is 141 g/mol. The van der Waals surface area contributed by atoms with Crippen LogP contribution in [0.2, 0.25) is 0 Å². The third-order valence-corrected chi connectivity index (χ3v) is 1.48. The van der Waals surface area contributed by atoms with E-state index in [1.54, 1.807) is 11.9 Å². The molecule has 10 heavy (non-hydrogen) atoms. The van der Waals surface area contributed by atoms with Crippen LogP contribution in [0.3, 0.4) is 0 Å². The fraction of sp³-hybridized carbons (Fsp3) is 0.625. The summed E-state index contributed by atoms with van der Waals surface area (Å²) in [5, 5.41) is 0. The van der Waals surface area contributed by atoms with Gasteiger partial charge in [-0.3, -0.25) is 4.79 Å². The quantitative estimate of drug-likeness (QED) is 0.503. The summed E-state index contributed by atoms with van der Waals surface area (Å²) in [6.45, 7) is 7.69. The van der Waals surface area contributed by atoms with E-state index in [-0.39, 0.29) is 5.91 Å². The Bertz CT molecular complexity index is 124. The van der Waals surface area contributed by atoms with E-state index in [9.17, 15) is 4.79 Å². The SMILES string of the molecule is C=C1CCC(=O)N1C.CC. The van der Waals surface area contributed by atoms with Gasteiger partial charge in [0, 0.05) is 19.2 Å². The van der Waals surface area contributed by atoms with Crippen molar-refractivity contribution in [2.75, 3.05) is 7.05 Å². The van der Waals surface area contributed by atoms with Crippen LogP contribution in [0.15, 0.2) is 12.3 Å². The largest absolute Gasteiger partial charge is 0.320 e. The summed E-state index contributed by atoms with van der Waals surface area (Å²) in [6.07, 6.45) is 1.49. The van der Waals surface area contributed by atoms with Gasteiger partial charge in [0.05, 0.1) is 0 Å². The topological polar surface area (TPSA) is 20.3 Å². The smallest absolute Gasteiger partial charge is 0.226 e. The number of amides is 1. The minimum Gasteiger partial charge on any atom is -0.320 e. The Morgan fingerprint density at radius 2 is 1.90 bits per heavy atom. The molecule has 0 aromatic carbocycles. The maximum Gasteiger partial charge on any atom is 0.226 e. The summed E-state index contributed by atoms with van der Waals surface area (Å²) in [4.78, 5) is 12.3. The first-order chi connectivity index (χ1) is 4.72. The van der Waals surface area contributed by atoms with Crippen molar-refractivity contribution in [3.05, 3.63) is 12.3 Å². The number of rotatable bonds is 0. The van der Waals surface area contributed by atoms with Gasteiger partial charge in [-0.25, -0.2) is 0 Å². The molecule has 58 valence electrons. The van der Waals surface area contributed by atoms with Gasteiger partial charge in [0.1, 0.15) is 0 Å². The third kappa shape index (κ3) is 1.87. The Morgan fingerprint density at radius 3 is 2.00 bits per heavy atom. The van der Waals surface area contributed by atoms with Gasteiger partial charge in [0.2, 0.25) is 5.91 Å². The molecule has 0 aromatic heterocycles. The Morgan fingerprint density at radius 1 is 1.40 bits per heavy atom. The van der Waals surface area contributed by atoms with E-state index in [2.05, 4.69) is 6.58 Å². The van der Waals surface area contributed by atoms with E-state index in [1.807, 2.05) is 13.8 Å². The lowest BCUT2D eigenvalue weighted by Crippen LogP contribution is -2.16. The molecule has 0 aliphatic carbocycles. The maximum absolute atomic E-state index is 10.6. The first-order valence-electron chi connectivity index (χ1n) is 3.66. The number of carbonyl (C=O) groups is 1. The second-order valence-corrected chi connectivity index (χ2v) is 2.02. The first-order valence-corrected chi connectivity index (χ1v) is 3.66. The Balaban J connectivity index is 0.000000371. The highest BCUT2D eigenvalue weighted by atomic mass is 16.2. The average Bonchev–Trinajstić information content (AvgIpc) is 2.25. The van der Waals surface area contributed by atoms with Crippen LogP contribution in [0, 0.1) is 0 Å². The Kier molecular flexibility index (Phi) is 3.77. The van der Waals surface area contributed by atoms with Crippen LogP contribution in [-0.4, -0.2) is 17.9 Å². The van der Waals surface area contributed by atoms with E-state index in [0.29, 0.717) is 6.42 Å². The molecule has 1 saturated heterocycles. The fourth-order valence-corrected chi connectivity index (χ4v) is 0.763. The molecule has 0 atom stereocenters. The molecule has 1 aliphatic rings. The summed E-state index contributed by atoms with van der Waals surface area (Å²) in [5.41, 5.74) is 0.940. The van der Waals surface area contributed by atoms with Gasteiger partial charge in [-0.1, -0.05) is 20.4 Å². The Hall–Kier alpha value is -0.790. The lowest BCUT2D eigenvalue weighted by Gasteiger charge is -2.06. The molecule has 0 N–H and O–H groups in total. The van der Waals surface area contributed by atoms with E-state index in [0.717, 1.165) is 12.1 Å². The van der Waals surface area contributed by atoms with E-state index in [4.69, 9.17) is 0 Å². The van der Waals surface area contributed by atoms with Crippen LogP contribution in [0.1, 0.15) is 26.7 Å². The zero-order valence-electron chi connectivity index (χ0n) is 6.98. The molecule has 1 fully saturated rings. The predicted molar refractivity (Wildman–Crippen MR) is 42.5 cm³/mol. The van der Waals surface area contributed by atoms with Crippen molar-refractivity contribution < 1.29 is 4.79 Å². The van der Waals surface area contributed by atoms with Crippen LogP contribution in [-0.2, 0) is 4.79 Å². The molecule has 0 saturated carbocycles. The van der Waals surface area contributed by atoms with Crippen molar-refractivity contribution in [3.63, 3.8) is 0 Å². The second-order valence-electron chi connectivity index (χ2n) is 2.02. The standard InChI is InChI=1S/C6H9NO.C2H6/c1-5-3-4-6(8)7(5)2;1-2/h1,3-4H2,2H3;1-2H3. The molecule has 0 bridgehead atoms. The highest BCUT2D eigenvalue weighted by Crippen LogP contribution is 2.16. The molecule has 1 rings (SSSR count). The molecule has 1 amide bonds. The van der Waals surface area contributed by atoms with Crippen LogP contribution in [0.5, 0.6) is 0 Å². The summed E-state index contributed by atoms with van der Waals surface area (Å²) in [6, 6.07) is 0. The highest BCUT2D eigenvalue weighted by molar-refractivity contribution is 5.80. The van der Waals surface area contributed by atoms with Gasteiger partial charge in [0.15, 0.2) is 0 Å². The fourth-order valence-electron chi connectivity index (χ4n) is 0.763. The van der Waals surface area contributed by atoms with E-state index < -0.39 is 0 Å². The van der Waals surface area contributed by atoms with Crippen LogP contribution < -0.4 is 0 Å². The van der Waals surface area contributed by atoms with E-state index in [1.165, 1.54) is 0 Å². The molecule has 2 nitrogen and oxygen atoms in total. The lowest BCUT2D eigenvalue weighted by atomic mass is 10.3. The molecule has 0 radical (unpaired) electrons. The lowest BCUT2D eigenvalue weighted by molar-refractivity contribution is -0.125. The van der Waals surface area contributed by atoms with E-state index >= 15 is 0 Å². The second kappa shape index (κ2) is 4.09. The summed E-state index contributed by atoms with van der Waals surface area (Å²) >= 11 is 0. The van der Waals surface area contributed by atoms with Crippen LogP contribution >= 0.6 is 0 Å². The summed E-state index contributed by atoms with van der Waals surface area (Å²) in [7, 11) is 1.76. The first kappa shape index (κ1) is 9.21. The third-order valence-electron chi connectivity index (χ3n) is 1.48. The molecule has 2 heteroatoms. The van der Waals surface area contributed by atoms with Crippen molar-refractivity contribution in [2.45, 2.75) is 26.7 Å². The predicted octanol–water partition coefficient (Wildman–Crippen LogP) is 1.78. The molecule has 0 spiro atoms. The van der Waals surface area contributed by atoms with Gasteiger partial charge in [-0.2, -0.15) is 0 Å². The monoisotopic (exact) mass is 141 g/mol. The number of hydrogen-bond donors (Lipinski definition) is 0. The number of hydrogen-bond acceptors (Lipinski definition) is 1. The normalized spacial score (nSPS) is 16.9. The van der Waals surface area contributed by atoms with Crippen molar-refractivity contribution in [1.82, 2.24) is 4.90 Å². The minimum absolute atomic E-state index is 0.190. The number of nitrogens with zero attached hydrogens (tertiary/aromatic N) is 1. The zero-order valence-corrected chi connectivity index (χ0v) is 6.98. The zero-order chi connectivity index (χ0) is 8.15. The van der Waals surface area contributed by atoms with Gasteiger partial charge >= 0.3 is 0 Å². The molecule has 0 aromatic rings. The van der Waals surface area contributed by atoms with Gasteiger partial charge in [0.25, 0.3) is 0 Å². The van der Waals surface area contributed by atoms with Gasteiger partial charge in [-0.05, 0) is 6.42 Å². The maximum atomic E-state index is 10.6. The molecule has 1 aliphatic heterocycles. The summed E-state index contributed by atoms with van der Waals surface area (Å²) in [5.74, 6) is 0.190. The number of allylic oxidation sites excluding steroid dienone is 1. The Labute approximate surface area is 62.5 Å². The van der Waals surface area contributed by atoms with Crippen molar-refractivity contribution in [1.29, 1.82) is 0 Å². The summed E-state index contributed by atoms with van der Waals surface area (Å²) < 4.78 is 0. The van der Waals surface area contributed by atoms with Crippen LogP contribution in [0.4, 0.5) is 0 Å². The van der Waals surface area contributed by atoms with Gasteiger partial charge < -0.3 is 4.90 Å². The molecular formula is C8H15NO.